The van der Waals surface area contributed by atoms with Crippen LogP contribution in [0.5, 0.6) is 5.75 Å². The van der Waals surface area contributed by atoms with Crippen molar-refractivity contribution in [1.29, 1.82) is 0 Å². The van der Waals surface area contributed by atoms with Gasteiger partial charge in [0.1, 0.15) is 12.4 Å². The van der Waals surface area contributed by atoms with E-state index >= 15 is 0 Å². The predicted molar refractivity (Wildman–Crippen MR) is 77.1 cm³/mol. The molecule has 98 valence electrons. The topological polar surface area (TPSA) is 24.5 Å². The zero-order chi connectivity index (χ0) is 10.7. The highest BCUT2D eigenvalue weighted by Gasteiger charge is 2.09. The third kappa shape index (κ3) is 3.95. The summed E-state index contributed by atoms with van der Waals surface area (Å²) in [5.41, 5.74) is 2.47. The Morgan fingerprint density at radius 1 is 1.35 bits per heavy atom. The first-order valence-electron chi connectivity index (χ1n) is 5.49. The molecule has 0 spiro atoms. The summed E-state index contributed by atoms with van der Waals surface area (Å²) in [6.45, 7) is 5.75. The molecule has 0 atom stereocenters. The van der Waals surface area contributed by atoms with Crippen LogP contribution in [0.4, 0.5) is 5.69 Å². The number of nitrogens with zero attached hydrogens (tertiary/aromatic N) is 1. The van der Waals surface area contributed by atoms with Gasteiger partial charge in [0.2, 0.25) is 0 Å². The van der Waals surface area contributed by atoms with Crippen molar-refractivity contribution < 1.29 is 4.74 Å². The smallest absolute Gasteiger partial charge is 0.125 e. The van der Waals surface area contributed by atoms with Crippen LogP contribution in [-0.2, 0) is 6.54 Å². The highest BCUT2D eigenvalue weighted by molar-refractivity contribution is 5.85. The van der Waals surface area contributed by atoms with Crippen LogP contribution in [0.25, 0.3) is 0 Å². The van der Waals surface area contributed by atoms with Crippen molar-refractivity contribution in [3.05, 3.63) is 23.8 Å². The van der Waals surface area contributed by atoms with Crippen LogP contribution in [0.3, 0.4) is 0 Å². The number of anilines is 1. The summed E-state index contributed by atoms with van der Waals surface area (Å²) in [6.07, 6.45) is 0. The lowest BCUT2D eigenvalue weighted by molar-refractivity contribution is 0.326. The summed E-state index contributed by atoms with van der Waals surface area (Å²) < 4.78 is 5.69. The average molecular weight is 279 g/mol. The molecule has 2 rings (SSSR count). The van der Waals surface area contributed by atoms with Gasteiger partial charge in [-0.2, -0.15) is 0 Å². The number of hydrogen-bond donors (Lipinski definition) is 1. The van der Waals surface area contributed by atoms with Gasteiger partial charge in [-0.05, 0) is 13.0 Å². The monoisotopic (exact) mass is 278 g/mol. The minimum Gasteiger partial charge on any atom is -0.492 e. The van der Waals surface area contributed by atoms with E-state index in [-0.39, 0.29) is 24.8 Å². The first-order valence-corrected chi connectivity index (χ1v) is 5.49. The summed E-state index contributed by atoms with van der Waals surface area (Å²) in [5.74, 6) is 1.03. The number of nitrogens with one attached hydrogen (secondary N) is 1. The van der Waals surface area contributed by atoms with Crippen molar-refractivity contribution in [3.63, 3.8) is 0 Å². The van der Waals surface area contributed by atoms with Gasteiger partial charge in [0.15, 0.2) is 0 Å². The van der Waals surface area contributed by atoms with Crippen LogP contribution in [0, 0.1) is 0 Å². The van der Waals surface area contributed by atoms with Crippen LogP contribution in [-0.4, -0.2) is 26.7 Å². The highest BCUT2D eigenvalue weighted by Crippen LogP contribution is 2.26. The van der Waals surface area contributed by atoms with E-state index in [4.69, 9.17) is 4.74 Å². The molecule has 1 heterocycles. The van der Waals surface area contributed by atoms with Crippen molar-refractivity contribution >= 4 is 30.5 Å². The molecule has 0 saturated carbocycles. The molecule has 0 bridgehead atoms. The molecule has 0 amide bonds. The maximum atomic E-state index is 5.69. The van der Waals surface area contributed by atoms with Crippen molar-refractivity contribution in [2.45, 2.75) is 13.5 Å². The molecule has 1 N–H and O–H groups in total. The van der Waals surface area contributed by atoms with Crippen molar-refractivity contribution in [2.75, 3.05) is 31.6 Å². The number of halogens is 2. The van der Waals surface area contributed by atoms with Gasteiger partial charge in [0, 0.05) is 44.0 Å². The lowest BCUT2D eigenvalue weighted by Gasteiger charge is -2.18. The fourth-order valence-corrected chi connectivity index (χ4v) is 1.70. The quantitative estimate of drug-likeness (QED) is 0.900. The van der Waals surface area contributed by atoms with E-state index in [2.05, 4.69) is 42.4 Å². The molecule has 0 saturated heterocycles. The first-order chi connectivity index (χ1) is 7.31. The molecule has 17 heavy (non-hydrogen) atoms. The van der Waals surface area contributed by atoms with Gasteiger partial charge in [-0.15, -0.1) is 24.8 Å². The van der Waals surface area contributed by atoms with Gasteiger partial charge in [0.05, 0.1) is 0 Å². The molecular weight excluding hydrogens is 259 g/mol. The maximum Gasteiger partial charge on any atom is 0.125 e. The number of rotatable bonds is 2. The van der Waals surface area contributed by atoms with Gasteiger partial charge < -0.3 is 15.0 Å². The summed E-state index contributed by atoms with van der Waals surface area (Å²) in [5, 5.41) is 3.33. The molecular formula is C12H20Cl2N2O. The molecule has 0 radical (unpaired) electrons. The van der Waals surface area contributed by atoms with E-state index in [9.17, 15) is 0 Å². The van der Waals surface area contributed by atoms with Gasteiger partial charge >= 0.3 is 0 Å². The van der Waals surface area contributed by atoms with Gasteiger partial charge in [-0.3, -0.25) is 0 Å². The standard InChI is InChI=1S/C12H18N2O.2ClH/c1-3-14(2)11-5-4-10-9-13-6-7-15-12(10)8-11;;/h4-5,8,13H,3,6-7,9H2,1-2H3;2*1H. The van der Waals surface area contributed by atoms with E-state index in [1.165, 1.54) is 11.3 Å². The zero-order valence-corrected chi connectivity index (χ0v) is 11.9. The van der Waals surface area contributed by atoms with Gasteiger partial charge in [-0.25, -0.2) is 0 Å². The Kier molecular flexibility index (Phi) is 7.35. The van der Waals surface area contributed by atoms with Crippen molar-refractivity contribution in [1.82, 2.24) is 5.32 Å². The Morgan fingerprint density at radius 3 is 2.82 bits per heavy atom. The SMILES string of the molecule is CCN(C)c1ccc2c(c1)OCCNC2.Cl.Cl. The van der Waals surface area contributed by atoms with Crippen LogP contribution in [0.15, 0.2) is 18.2 Å². The second kappa shape index (κ2) is 7.64. The second-order valence-electron chi connectivity index (χ2n) is 3.83. The number of hydrogen-bond acceptors (Lipinski definition) is 3. The van der Waals surface area contributed by atoms with Crippen molar-refractivity contribution in [3.8, 4) is 5.75 Å². The molecule has 0 aliphatic carbocycles. The lowest BCUT2D eigenvalue weighted by atomic mass is 10.1. The fourth-order valence-electron chi connectivity index (χ4n) is 1.70. The Balaban J connectivity index is 0.00000128. The summed E-state index contributed by atoms with van der Waals surface area (Å²) >= 11 is 0. The molecule has 1 aliphatic rings. The molecule has 1 aromatic carbocycles. The molecule has 1 aliphatic heterocycles. The summed E-state index contributed by atoms with van der Waals surface area (Å²) in [6, 6.07) is 6.43. The normalized spacial score (nSPS) is 13.3. The zero-order valence-electron chi connectivity index (χ0n) is 10.2. The Labute approximate surface area is 115 Å². The second-order valence-corrected chi connectivity index (χ2v) is 3.83. The Hall–Kier alpha value is -0.640. The van der Waals surface area contributed by atoms with Crippen LogP contribution < -0.4 is 15.0 Å². The first kappa shape index (κ1) is 16.4. The van der Waals surface area contributed by atoms with Crippen molar-refractivity contribution in [2.24, 2.45) is 0 Å². The van der Waals surface area contributed by atoms with E-state index in [1.54, 1.807) is 0 Å². The molecule has 3 nitrogen and oxygen atoms in total. The predicted octanol–water partition coefficient (Wildman–Crippen LogP) is 2.47. The minimum absolute atomic E-state index is 0. The molecule has 0 fully saturated rings. The summed E-state index contributed by atoms with van der Waals surface area (Å²) in [7, 11) is 2.09. The molecule has 0 unspecified atom stereocenters. The van der Waals surface area contributed by atoms with Crippen LogP contribution >= 0.6 is 24.8 Å². The fraction of sp³-hybridized carbons (Fsp3) is 0.500. The van der Waals surface area contributed by atoms with Gasteiger partial charge in [-0.1, -0.05) is 6.07 Å². The molecule has 5 heteroatoms. The third-order valence-electron chi connectivity index (χ3n) is 2.82. The van der Waals surface area contributed by atoms with Crippen LogP contribution in [0.2, 0.25) is 0 Å². The Bertz CT molecular complexity index is 347. The number of fused-ring (bicyclic) bond motifs is 1. The third-order valence-corrected chi connectivity index (χ3v) is 2.82. The molecule has 0 aromatic heterocycles. The lowest BCUT2D eigenvalue weighted by Crippen LogP contribution is -2.16. The number of benzene rings is 1. The number of ether oxygens (including phenoxy) is 1. The average Bonchev–Trinajstić information content (AvgIpc) is 2.51. The van der Waals surface area contributed by atoms with E-state index in [1.807, 2.05) is 0 Å². The van der Waals surface area contributed by atoms with E-state index < -0.39 is 0 Å². The van der Waals surface area contributed by atoms with E-state index in [0.717, 1.165) is 32.0 Å². The maximum absolute atomic E-state index is 5.69. The minimum atomic E-state index is 0. The highest BCUT2D eigenvalue weighted by atomic mass is 35.5. The summed E-state index contributed by atoms with van der Waals surface area (Å²) in [4.78, 5) is 2.21. The molecule has 1 aromatic rings. The van der Waals surface area contributed by atoms with Crippen LogP contribution in [0.1, 0.15) is 12.5 Å². The Morgan fingerprint density at radius 2 is 2.12 bits per heavy atom. The largest absolute Gasteiger partial charge is 0.492 e. The van der Waals surface area contributed by atoms with Gasteiger partial charge in [0.25, 0.3) is 0 Å². The van der Waals surface area contributed by atoms with E-state index in [0.29, 0.717) is 0 Å².